The van der Waals surface area contributed by atoms with Gasteiger partial charge >= 0.3 is 6.09 Å². The van der Waals surface area contributed by atoms with Gasteiger partial charge in [0.2, 0.25) is 5.75 Å². The fraction of sp³-hybridized carbons (Fsp3) is 0.619. The van der Waals surface area contributed by atoms with Crippen LogP contribution in [0.2, 0.25) is 0 Å². The molecule has 1 aliphatic heterocycles. The molecule has 0 aromatic heterocycles. The molecule has 1 fully saturated rings. The summed E-state index contributed by atoms with van der Waals surface area (Å²) in [5.74, 6) is 2.50. The van der Waals surface area contributed by atoms with Crippen molar-refractivity contribution in [3.63, 3.8) is 0 Å². The molecule has 0 bridgehead atoms. The Hall–Kier alpha value is -2.84. The normalized spacial score (nSPS) is 14.8. The molecule has 0 saturated carbocycles. The summed E-state index contributed by atoms with van der Waals surface area (Å²) in [5, 5.41) is 6.75. The lowest BCUT2D eigenvalue weighted by Crippen LogP contribution is -2.49. The van der Waals surface area contributed by atoms with Crippen LogP contribution in [0.1, 0.15) is 32.3 Å². The number of carbonyl (C=O) groups excluding carboxylic acids is 1. The second kappa shape index (κ2) is 12.0. The molecule has 1 heterocycles. The summed E-state index contributed by atoms with van der Waals surface area (Å²) in [6.07, 6.45) is 1.43. The number of nitrogens with one attached hydrogen (secondary N) is 2. The van der Waals surface area contributed by atoms with Crippen LogP contribution in [0.25, 0.3) is 0 Å². The fourth-order valence-electron chi connectivity index (χ4n) is 3.39. The molecule has 30 heavy (non-hydrogen) atoms. The van der Waals surface area contributed by atoms with Crippen molar-refractivity contribution in [1.82, 2.24) is 15.5 Å². The van der Waals surface area contributed by atoms with E-state index in [0.717, 1.165) is 30.9 Å². The topological polar surface area (TPSA) is 93.7 Å². The van der Waals surface area contributed by atoms with Crippen LogP contribution in [0.5, 0.6) is 17.2 Å². The molecule has 9 heteroatoms. The third-order valence-electron chi connectivity index (χ3n) is 4.90. The lowest BCUT2D eigenvalue weighted by molar-refractivity contribution is 0.0963. The minimum atomic E-state index is -0.239. The highest BCUT2D eigenvalue weighted by atomic mass is 16.6. The predicted molar refractivity (Wildman–Crippen MR) is 116 cm³/mol. The van der Waals surface area contributed by atoms with Crippen molar-refractivity contribution < 1.29 is 23.7 Å². The summed E-state index contributed by atoms with van der Waals surface area (Å²) >= 11 is 0. The van der Waals surface area contributed by atoms with E-state index in [0.29, 0.717) is 43.5 Å². The Morgan fingerprint density at radius 3 is 2.37 bits per heavy atom. The lowest BCUT2D eigenvalue weighted by Gasteiger charge is -2.32. The van der Waals surface area contributed by atoms with Gasteiger partial charge in [0.05, 0.1) is 34.5 Å². The van der Waals surface area contributed by atoms with Crippen molar-refractivity contribution in [3.05, 3.63) is 17.7 Å². The van der Waals surface area contributed by atoms with Gasteiger partial charge in [-0.2, -0.15) is 0 Å². The highest BCUT2D eigenvalue weighted by Gasteiger charge is 2.24. The third kappa shape index (κ3) is 6.08. The molecule has 0 atom stereocenters. The Morgan fingerprint density at radius 2 is 1.80 bits per heavy atom. The quantitative estimate of drug-likeness (QED) is 0.491. The highest BCUT2D eigenvalue weighted by Crippen LogP contribution is 2.39. The van der Waals surface area contributed by atoms with Gasteiger partial charge in [-0.25, -0.2) is 9.79 Å². The van der Waals surface area contributed by atoms with Crippen LogP contribution in [0.3, 0.4) is 0 Å². The maximum absolute atomic E-state index is 11.9. The summed E-state index contributed by atoms with van der Waals surface area (Å²) in [5.41, 5.74) is 0.893. The van der Waals surface area contributed by atoms with Gasteiger partial charge in [0.25, 0.3) is 0 Å². The monoisotopic (exact) mass is 422 g/mol. The number of piperidine rings is 1. The molecule has 9 nitrogen and oxygen atoms in total. The molecule has 1 amide bonds. The summed E-state index contributed by atoms with van der Waals surface area (Å²) in [4.78, 5) is 18.3. The molecule has 1 aromatic carbocycles. The van der Waals surface area contributed by atoms with Gasteiger partial charge in [-0.3, -0.25) is 0 Å². The number of likely N-dealkylation sites (tertiary alicyclic amines) is 1. The SMILES string of the molecule is CCNC(=NCc1ccc(OC)c(OC)c1OC)NC1CCN(C(=O)OCC)CC1. The summed E-state index contributed by atoms with van der Waals surface area (Å²) in [6, 6.07) is 4.00. The Morgan fingerprint density at radius 1 is 1.10 bits per heavy atom. The summed E-state index contributed by atoms with van der Waals surface area (Å²) in [6.45, 7) is 6.74. The van der Waals surface area contributed by atoms with Gasteiger partial charge in [-0.05, 0) is 38.8 Å². The number of nitrogens with zero attached hydrogens (tertiary/aromatic N) is 2. The van der Waals surface area contributed by atoms with E-state index >= 15 is 0 Å². The average molecular weight is 423 g/mol. The molecule has 0 unspecified atom stereocenters. The molecular weight excluding hydrogens is 388 g/mol. The Labute approximate surface area is 178 Å². The van der Waals surface area contributed by atoms with Crippen molar-refractivity contribution in [1.29, 1.82) is 0 Å². The zero-order valence-electron chi connectivity index (χ0n) is 18.6. The van der Waals surface area contributed by atoms with Gasteiger partial charge in [-0.15, -0.1) is 0 Å². The van der Waals surface area contributed by atoms with E-state index in [1.54, 1.807) is 26.2 Å². The largest absolute Gasteiger partial charge is 0.493 e. The van der Waals surface area contributed by atoms with Crippen molar-refractivity contribution >= 4 is 12.1 Å². The smallest absolute Gasteiger partial charge is 0.409 e. The number of rotatable bonds is 8. The van der Waals surface area contributed by atoms with Crippen molar-refractivity contribution in [2.75, 3.05) is 47.6 Å². The molecule has 0 aliphatic carbocycles. The Balaban J connectivity index is 2.04. The number of hydrogen-bond donors (Lipinski definition) is 2. The maximum atomic E-state index is 11.9. The van der Waals surface area contributed by atoms with Crippen LogP contribution >= 0.6 is 0 Å². The predicted octanol–water partition coefficient (Wildman–Crippen LogP) is 2.39. The first kappa shape index (κ1) is 23.4. The van der Waals surface area contributed by atoms with E-state index in [-0.39, 0.29) is 12.1 Å². The Bertz CT molecular complexity index is 718. The van der Waals surface area contributed by atoms with Crippen LogP contribution < -0.4 is 24.8 Å². The molecule has 0 radical (unpaired) electrons. The minimum absolute atomic E-state index is 0.237. The minimum Gasteiger partial charge on any atom is -0.493 e. The van der Waals surface area contributed by atoms with Gasteiger partial charge in [0.1, 0.15) is 0 Å². The summed E-state index contributed by atoms with van der Waals surface area (Å²) in [7, 11) is 4.78. The number of benzene rings is 1. The van der Waals surface area contributed by atoms with E-state index in [1.807, 2.05) is 26.0 Å². The number of hydrogen-bond acceptors (Lipinski definition) is 6. The second-order valence-corrected chi connectivity index (χ2v) is 6.79. The van der Waals surface area contributed by atoms with E-state index in [1.165, 1.54) is 0 Å². The van der Waals surface area contributed by atoms with Crippen LogP contribution in [0, 0.1) is 0 Å². The van der Waals surface area contributed by atoms with Gasteiger partial charge in [0, 0.05) is 31.2 Å². The molecule has 1 saturated heterocycles. The van der Waals surface area contributed by atoms with Crippen LogP contribution in [-0.4, -0.2) is 70.6 Å². The first-order chi connectivity index (χ1) is 14.6. The number of amides is 1. The molecular formula is C21H34N4O5. The number of methoxy groups -OCH3 is 3. The zero-order chi connectivity index (χ0) is 21.9. The molecule has 1 aliphatic rings. The number of carbonyl (C=O) groups is 1. The first-order valence-electron chi connectivity index (χ1n) is 10.3. The molecule has 0 spiro atoms. The molecule has 1 aromatic rings. The van der Waals surface area contributed by atoms with Gasteiger partial charge in [-0.1, -0.05) is 0 Å². The van der Waals surface area contributed by atoms with Crippen LogP contribution in [0.4, 0.5) is 4.79 Å². The third-order valence-corrected chi connectivity index (χ3v) is 4.90. The van der Waals surface area contributed by atoms with Crippen molar-refractivity contribution in [2.24, 2.45) is 4.99 Å². The zero-order valence-corrected chi connectivity index (χ0v) is 18.6. The Kier molecular flexibility index (Phi) is 9.37. The summed E-state index contributed by atoms with van der Waals surface area (Å²) < 4.78 is 21.4. The van der Waals surface area contributed by atoms with E-state index in [4.69, 9.17) is 23.9 Å². The molecule has 168 valence electrons. The molecule has 2 N–H and O–H groups in total. The average Bonchev–Trinajstić information content (AvgIpc) is 2.77. The first-order valence-corrected chi connectivity index (χ1v) is 10.3. The van der Waals surface area contributed by atoms with E-state index in [9.17, 15) is 4.79 Å². The van der Waals surface area contributed by atoms with Gasteiger partial charge < -0.3 is 34.5 Å². The number of ether oxygens (including phenoxy) is 4. The lowest BCUT2D eigenvalue weighted by atomic mass is 10.1. The highest BCUT2D eigenvalue weighted by molar-refractivity contribution is 5.80. The van der Waals surface area contributed by atoms with E-state index < -0.39 is 0 Å². The standard InChI is InChI=1S/C21H34N4O5/c1-6-22-20(24-16-10-12-25(13-11-16)21(26)30-7-2)23-14-15-8-9-17(27-3)19(29-5)18(15)28-4/h8-9,16H,6-7,10-14H2,1-5H3,(H2,22,23,24). The maximum Gasteiger partial charge on any atom is 0.409 e. The van der Waals surface area contributed by atoms with Crippen LogP contribution in [-0.2, 0) is 11.3 Å². The number of guanidine groups is 1. The van der Waals surface area contributed by atoms with Crippen molar-refractivity contribution in [2.45, 2.75) is 39.3 Å². The van der Waals surface area contributed by atoms with Crippen LogP contribution in [0.15, 0.2) is 17.1 Å². The second-order valence-electron chi connectivity index (χ2n) is 6.79. The number of aliphatic imine (C=N–C) groups is 1. The fourth-order valence-corrected chi connectivity index (χ4v) is 3.39. The van der Waals surface area contributed by atoms with E-state index in [2.05, 4.69) is 10.6 Å². The molecule has 2 rings (SSSR count). The van der Waals surface area contributed by atoms with Crippen molar-refractivity contribution in [3.8, 4) is 17.2 Å². The van der Waals surface area contributed by atoms with Gasteiger partial charge in [0.15, 0.2) is 17.5 Å².